The van der Waals surface area contributed by atoms with Crippen LogP contribution in [0, 0.1) is 0 Å². The number of ketones is 1. The first kappa shape index (κ1) is 19.9. The summed E-state index contributed by atoms with van der Waals surface area (Å²) in [5, 5.41) is 0.768. The van der Waals surface area contributed by atoms with Crippen LogP contribution in [0.5, 0.6) is 0 Å². The van der Waals surface area contributed by atoms with Crippen LogP contribution in [0.3, 0.4) is 0 Å². The molecule has 6 nitrogen and oxygen atoms in total. The number of unbranched alkanes of at least 4 members (excludes halogenated alkanes) is 1. The molecular weight excluding hydrogens is 358 g/mol. The van der Waals surface area contributed by atoms with Gasteiger partial charge >= 0.3 is 0 Å². The first-order chi connectivity index (χ1) is 11.8. The molecule has 25 heavy (non-hydrogen) atoms. The third-order valence-corrected chi connectivity index (χ3v) is 6.80. The number of imidazole rings is 1. The highest BCUT2D eigenvalue weighted by Crippen LogP contribution is 2.27. The van der Waals surface area contributed by atoms with Crippen molar-refractivity contribution in [3.63, 3.8) is 0 Å². The molecule has 0 amide bonds. The SMILES string of the molecule is CCCCn1c(SCC(=O)CC)nc2cc(S(=O)(=O)N(C)C)ccc21. The highest BCUT2D eigenvalue weighted by Gasteiger charge is 2.20. The van der Waals surface area contributed by atoms with Gasteiger partial charge in [0.25, 0.3) is 0 Å². The van der Waals surface area contributed by atoms with E-state index < -0.39 is 10.0 Å². The number of aromatic nitrogens is 2. The number of hydrogen-bond donors (Lipinski definition) is 0. The van der Waals surface area contributed by atoms with Crippen molar-refractivity contribution in [3.8, 4) is 0 Å². The average Bonchev–Trinajstić information content (AvgIpc) is 2.94. The molecule has 8 heteroatoms. The van der Waals surface area contributed by atoms with E-state index in [4.69, 9.17) is 0 Å². The Bertz CT molecular complexity index is 857. The summed E-state index contributed by atoms with van der Waals surface area (Å²) in [4.78, 5) is 16.5. The Morgan fingerprint density at radius 1 is 1.28 bits per heavy atom. The van der Waals surface area contributed by atoms with E-state index in [-0.39, 0.29) is 10.7 Å². The molecular formula is C17H25N3O3S2. The number of aryl methyl sites for hydroxylation is 1. The fraction of sp³-hybridized carbons (Fsp3) is 0.529. The van der Waals surface area contributed by atoms with Gasteiger partial charge in [0, 0.05) is 27.1 Å². The Kier molecular flexibility index (Phi) is 6.65. The predicted octanol–water partition coefficient (Wildman–Crippen LogP) is 3.16. The smallest absolute Gasteiger partial charge is 0.242 e. The minimum Gasteiger partial charge on any atom is -0.319 e. The Balaban J connectivity index is 2.47. The molecule has 0 N–H and O–H groups in total. The zero-order chi connectivity index (χ0) is 18.6. The van der Waals surface area contributed by atoms with Gasteiger partial charge in [0.05, 0.1) is 21.7 Å². The van der Waals surface area contributed by atoms with E-state index in [1.807, 2.05) is 6.92 Å². The highest BCUT2D eigenvalue weighted by atomic mass is 32.2. The zero-order valence-electron chi connectivity index (χ0n) is 15.2. The quantitative estimate of drug-likeness (QED) is 0.622. The number of carbonyl (C=O) groups excluding carboxylic acids is 1. The van der Waals surface area contributed by atoms with Gasteiger partial charge in [-0.2, -0.15) is 0 Å². The van der Waals surface area contributed by atoms with Crippen molar-refractivity contribution in [2.24, 2.45) is 0 Å². The van der Waals surface area contributed by atoms with E-state index in [1.165, 1.54) is 30.2 Å². The first-order valence-electron chi connectivity index (χ1n) is 8.38. The number of nitrogens with zero attached hydrogens (tertiary/aromatic N) is 3. The van der Waals surface area contributed by atoms with E-state index in [0.717, 1.165) is 30.1 Å². The largest absolute Gasteiger partial charge is 0.319 e. The van der Waals surface area contributed by atoms with Crippen LogP contribution < -0.4 is 0 Å². The van der Waals surface area contributed by atoms with Crippen LogP contribution in [-0.4, -0.2) is 47.9 Å². The van der Waals surface area contributed by atoms with Gasteiger partial charge in [0.15, 0.2) is 5.16 Å². The molecule has 0 atom stereocenters. The van der Waals surface area contributed by atoms with Gasteiger partial charge in [-0.15, -0.1) is 0 Å². The van der Waals surface area contributed by atoms with Crippen molar-refractivity contribution in [2.45, 2.75) is 49.7 Å². The highest BCUT2D eigenvalue weighted by molar-refractivity contribution is 7.99. The maximum atomic E-state index is 12.3. The van der Waals surface area contributed by atoms with Crippen molar-refractivity contribution in [1.82, 2.24) is 13.9 Å². The molecule has 0 spiro atoms. The van der Waals surface area contributed by atoms with E-state index in [2.05, 4.69) is 16.5 Å². The standard InChI is InChI=1S/C17H25N3O3S2/c1-5-7-10-20-16-9-8-14(25(22,23)19(3)4)11-15(16)18-17(20)24-12-13(21)6-2/h8-9,11H,5-7,10,12H2,1-4H3. The molecule has 1 aromatic carbocycles. The number of rotatable bonds is 9. The topological polar surface area (TPSA) is 72.3 Å². The van der Waals surface area contributed by atoms with Crippen LogP contribution in [0.15, 0.2) is 28.3 Å². The summed E-state index contributed by atoms with van der Waals surface area (Å²) in [7, 11) is -0.474. The van der Waals surface area contributed by atoms with Crippen LogP contribution in [0.4, 0.5) is 0 Å². The van der Waals surface area contributed by atoms with Crippen molar-refractivity contribution in [1.29, 1.82) is 0 Å². The summed E-state index contributed by atoms with van der Waals surface area (Å²) in [5.74, 6) is 0.560. The van der Waals surface area contributed by atoms with E-state index in [0.29, 0.717) is 17.7 Å². The first-order valence-corrected chi connectivity index (χ1v) is 10.8. The van der Waals surface area contributed by atoms with E-state index in [9.17, 15) is 13.2 Å². The minimum atomic E-state index is -3.50. The molecule has 0 fully saturated rings. The number of benzene rings is 1. The molecule has 0 radical (unpaired) electrons. The molecule has 2 aromatic rings. The summed E-state index contributed by atoms with van der Waals surface area (Å²) < 4.78 is 27.9. The second kappa shape index (κ2) is 8.33. The van der Waals surface area contributed by atoms with Crippen molar-refractivity contribution in [3.05, 3.63) is 18.2 Å². The Labute approximate surface area is 153 Å². The summed E-state index contributed by atoms with van der Waals surface area (Å²) >= 11 is 1.42. The number of thioether (sulfide) groups is 1. The molecule has 138 valence electrons. The fourth-order valence-corrected chi connectivity index (χ4v) is 4.27. The van der Waals surface area contributed by atoms with Crippen LogP contribution >= 0.6 is 11.8 Å². The molecule has 0 unspecified atom stereocenters. The maximum Gasteiger partial charge on any atom is 0.242 e. The Morgan fingerprint density at radius 2 is 2.00 bits per heavy atom. The van der Waals surface area contributed by atoms with Gasteiger partial charge in [0.1, 0.15) is 5.78 Å². The lowest BCUT2D eigenvalue weighted by atomic mass is 10.3. The molecule has 0 aliphatic carbocycles. The minimum absolute atomic E-state index is 0.176. The lowest BCUT2D eigenvalue weighted by Gasteiger charge is -2.11. The molecule has 0 aliphatic heterocycles. The van der Waals surface area contributed by atoms with Crippen LogP contribution in [0.1, 0.15) is 33.1 Å². The molecule has 0 aliphatic rings. The fourth-order valence-electron chi connectivity index (χ4n) is 2.35. The van der Waals surface area contributed by atoms with Gasteiger partial charge in [-0.25, -0.2) is 17.7 Å². The van der Waals surface area contributed by atoms with Gasteiger partial charge in [-0.1, -0.05) is 32.0 Å². The maximum absolute atomic E-state index is 12.3. The molecule has 2 rings (SSSR count). The Morgan fingerprint density at radius 3 is 2.60 bits per heavy atom. The van der Waals surface area contributed by atoms with Gasteiger partial charge in [-0.05, 0) is 24.6 Å². The number of hydrogen-bond acceptors (Lipinski definition) is 5. The monoisotopic (exact) mass is 383 g/mol. The van der Waals surface area contributed by atoms with E-state index >= 15 is 0 Å². The molecule has 0 bridgehead atoms. The molecule has 0 saturated carbocycles. The van der Waals surface area contributed by atoms with Crippen molar-refractivity contribution in [2.75, 3.05) is 19.8 Å². The lowest BCUT2D eigenvalue weighted by molar-refractivity contribution is -0.116. The number of Topliss-reactive ketones (excluding diaryl/α,β-unsaturated/α-hetero) is 1. The third kappa shape index (κ3) is 4.43. The lowest BCUT2D eigenvalue weighted by Crippen LogP contribution is -2.22. The summed E-state index contributed by atoms with van der Waals surface area (Å²) in [6, 6.07) is 5.03. The second-order valence-corrected chi connectivity index (χ2v) is 9.11. The molecule has 0 saturated heterocycles. The number of carbonyl (C=O) groups is 1. The molecule has 1 heterocycles. The summed E-state index contributed by atoms with van der Waals surface area (Å²) in [5.41, 5.74) is 1.54. The second-order valence-electron chi connectivity index (χ2n) is 6.02. The van der Waals surface area contributed by atoms with Crippen molar-refractivity contribution < 1.29 is 13.2 Å². The zero-order valence-corrected chi connectivity index (χ0v) is 16.8. The normalized spacial score (nSPS) is 12.2. The number of fused-ring (bicyclic) bond motifs is 1. The number of sulfonamides is 1. The third-order valence-electron chi connectivity index (χ3n) is 3.96. The van der Waals surface area contributed by atoms with Gasteiger partial charge < -0.3 is 4.57 Å². The van der Waals surface area contributed by atoms with Gasteiger partial charge in [0.2, 0.25) is 10.0 Å². The predicted molar refractivity (Wildman–Crippen MR) is 102 cm³/mol. The van der Waals surface area contributed by atoms with Gasteiger partial charge in [-0.3, -0.25) is 4.79 Å². The summed E-state index contributed by atoms with van der Waals surface area (Å²) in [6.45, 7) is 4.77. The van der Waals surface area contributed by atoms with Crippen LogP contribution in [0.25, 0.3) is 11.0 Å². The molecule has 1 aromatic heterocycles. The van der Waals surface area contributed by atoms with E-state index in [1.54, 1.807) is 18.2 Å². The van der Waals surface area contributed by atoms with Crippen LogP contribution in [-0.2, 0) is 21.4 Å². The van der Waals surface area contributed by atoms with Crippen molar-refractivity contribution >= 4 is 38.6 Å². The summed E-state index contributed by atoms with van der Waals surface area (Å²) in [6.07, 6.45) is 2.55. The average molecular weight is 384 g/mol. The van der Waals surface area contributed by atoms with Crippen LogP contribution in [0.2, 0.25) is 0 Å². The Hall–Kier alpha value is -1.38.